The van der Waals surface area contributed by atoms with E-state index >= 15 is 0 Å². The zero-order valence-electron chi connectivity index (χ0n) is 21.2. The Hall–Kier alpha value is -3.66. The second-order valence-corrected chi connectivity index (χ2v) is 9.45. The third-order valence-corrected chi connectivity index (χ3v) is 7.03. The first-order valence-corrected chi connectivity index (χ1v) is 12.7. The van der Waals surface area contributed by atoms with Crippen molar-refractivity contribution < 1.29 is 33.9 Å². The number of nitrogens with one attached hydrogen (secondary N) is 3. The predicted octanol–water partition coefficient (Wildman–Crippen LogP) is 3.59. The summed E-state index contributed by atoms with van der Waals surface area (Å²) < 4.78 is 5.70. The molecular formula is C27H35N3O7. The van der Waals surface area contributed by atoms with Crippen LogP contribution in [-0.4, -0.2) is 40.7 Å². The van der Waals surface area contributed by atoms with E-state index in [1.165, 1.54) is 6.07 Å². The molecule has 0 saturated heterocycles. The van der Waals surface area contributed by atoms with Crippen LogP contribution in [0.5, 0.6) is 0 Å². The number of rotatable bonds is 14. The molecule has 0 aliphatic heterocycles. The molecule has 0 radical (unpaired) electrons. The van der Waals surface area contributed by atoms with Gasteiger partial charge in [-0.25, -0.2) is 5.48 Å². The molecule has 5 N–H and O–H groups in total. The summed E-state index contributed by atoms with van der Waals surface area (Å²) in [5.41, 5.74) is 2.17. The molecule has 200 valence electrons. The lowest BCUT2D eigenvalue weighted by Crippen LogP contribution is -2.44. The van der Waals surface area contributed by atoms with Crippen LogP contribution < -0.4 is 16.1 Å². The molecule has 1 aromatic carbocycles. The van der Waals surface area contributed by atoms with Gasteiger partial charge in [-0.2, -0.15) is 0 Å². The lowest BCUT2D eigenvalue weighted by Gasteiger charge is -2.24. The standard InChI is InChI=1S/C27H35N3O7/c1-3-5-6-10-20(19(4-2)24(32)30-36)23(31)28-16-29-25(33)22-12-11-21(37-22)17-8-7-9-18(15-17)27(13-14-27)26(34)35/h7-9,11-12,15,19-20,36H,3-6,10,13-14,16H2,1-2H3,(H,28,31)(H,29,33)(H,30,32)(H,34,35)/t19-,20-/m1/s1. The molecule has 2 atom stereocenters. The molecule has 10 nitrogen and oxygen atoms in total. The number of carbonyl (C=O) groups is 4. The molecule has 3 amide bonds. The first kappa shape index (κ1) is 27.9. The number of carboxylic acids is 1. The van der Waals surface area contributed by atoms with E-state index in [0.29, 0.717) is 42.6 Å². The van der Waals surface area contributed by atoms with Gasteiger partial charge in [0.1, 0.15) is 5.76 Å². The van der Waals surface area contributed by atoms with Crippen LogP contribution in [0.4, 0.5) is 0 Å². The lowest BCUT2D eigenvalue weighted by molar-refractivity contribution is -0.140. The highest BCUT2D eigenvalue weighted by molar-refractivity contribution is 5.92. The summed E-state index contributed by atoms with van der Waals surface area (Å²) in [6.45, 7) is 3.66. The molecule has 1 saturated carbocycles. The molecule has 1 heterocycles. The van der Waals surface area contributed by atoms with Crippen LogP contribution in [-0.2, 0) is 19.8 Å². The SMILES string of the molecule is CCCCC[C@@H](C(=O)NCNC(=O)c1ccc(-c2cccc(C3(C(=O)O)CC3)c2)o1)[C@@H](CC)C(=O)NO. The summed E-state index contributed by atoms with van der Waals surface area (Å²) in [7, 11) is 0. The van der Waals surface area contributed by atoms with Crippen molar-refractivity contribution in [2.75, 3.05) is 6.67 Å². The number of carbonyl (C=O) groups excluding carboxylic acids is 3. The molecule has 0 spiro atoms. The fourth-order valence-corrected chi connectivity index (χ4v) is 4.63. The normalized spacial score (nSPS) is 15.3. The fraction of sp³-hybridized carbons (Fsp3) is 0.481. The van der Waals surface area contributed by atoms with E-state index in [1.807, 2.05) is 6.92 Å². The van der Waals surface area contributed by atoms with E-state index in [4.69, 9.17) is 9.62 Å². The average molecular weight is 514 g/mol. The highest BCUT2D eigenvalue weighted by atomic mass is 16.5. The largest absolute Gasteiger partial charge is 0.481 e. The number of aliphatic carboxylic acids is 1. The van der Waals surface area contributed by atoms with Crippen LogP contribution in [0.2, 0.25) is 0 Å². The molecule has 1 fully saturated rings. The molecule has 37 heavy (non-hydrogen) atoms. The number of hydrogen-bond donors (Lipinski definition) is 5. The summed E-state index contributed by atoms with van der Waals surface area (Å²) in [4.78, 5) is 49.1. The van der Waals surface area contributed by atoms with Crippen molar-refractivity contribution >= 4 is 23.7 Å². The minimum Gasteiger partial charge on any atom is -0.481 e. The Kier molecular flexibility index (Phi) is 9.46. The molecule has 1 aromatic heterocycles. The van der Waals surface area contributed by atoms with Gasteiger partial charge < -0.3 is 20.2 Å². The van der Waals surface area contributed by atoms with E-state index in [1.54, 1.807) is 42.7 Å². The van der Waals surface area contributed by atoms with Crippen LogP contribution in [0.1, 0.15) is 74.9 Å². The van der Waals surface area contributed by atoms with Crippen LogP contribution in [0.25, 0.3) is 11.3 Å². The zero-order chi connectivity index (χ0) is 27.0. The van der Waals surface area contributed by atoms with Gasteiger partial charge >= 0.3 is 5.97 Å². The highest BCUT2D eigenvalue weighted by Crippen LogP contribution is 2.49. The topological polar surface area (TPSA) is 158 Å². The Bertz CT molecular complexity index is 1120. The second-order valence-electron chi connectivity index (χ2n) is 9.45. The van der Waals surface area contributed by atoms with Gasteiger partial charge in [-0.05, 0) is 49.4 Å². The molecule has 3 rings (SSSR count). The Labute approximate surface area is 215 Å². The van der Waals surface area contributed by atoms with Crippen LogP contribution in [0.3, 0.4) is 0 Å². The molecule has 0 bridgehead atoms. The third-order valence-electron chi connectivity index (χ3n) is 7.03. The lowest BCUT2D eigenvalue weighted by atomic mass is 9.84. The fourth-order valence-electron chi connectivity index (χ4n) is 4.63. The summed E-state index contributed by atoms with van der Waals surface area (Å²) in [6.07, 6.45) is 4.69. The van der Waals surface area contributed by atoms with Crippen LogP contribution in [0, 0.1) is 11.8 Å². The number of carboxylic acid groups (broad SMARTS) is 1. The average Bonchev–Trinajstić information content (AvgIpc) is 3.58. The molecule has 0 unspecified atom stereocenters. The monoisotopic (exact) mass is 513 g/mol. The Balaban J connectivity index is 1.60. The molecule has 1 aliphatic rings. The van der Waals surface area contributed by atoms with E-state index in [2.05, 4.69) is 10.6 Å². The van der Waals surface area contributed by atoms with Gasteiger partial charge in [0.2, 0.25) is 11.8 Å². The highest BCUT2D eigenvalue weighted by Gasteiger charge is 2.51. The maximum atomic E-state index is 12.8. The molecular weight excluding hydrogens is 478 g/mol. The second kappa shape index (κ2) is 12.5. The van der Waals surface area contributed by atoms with Gasteiger partial charge in [0.15, 0.2) is 5.76 Å². The van der Waals surface area contributed by atoms with Gasteiger partial charge in [0, 0.05) is 11.5 Å². The van der Waals surface area contributed by atoms with E-state index < -0.39 is 35.0 Å². The first-order chi connectivity index (χ1) is 17.8. The molecule has 1 aliphatic carbocycles. The van der Waals surface area contributed by atoms with Crippen LogP contribution in [0.15, 0.2) is 40.8 Å². The van der Waals surface area contributed by atoms with E-state index in [9.17, 15) is 24.3 Å². The Morgan fingerprint density at radius 2 is 1.76 bits per heavy atom. The Morgan fingerprint density at radius 3 is 2.38 bits per heavy atom. The molecule has 10 heteroatoms. The van der Waals surface area contributed by atoms with Crippen molar-refractivity contribution in [3.05, 3.63) is 47.7 Å². The number of hydrogen-bond acceptors (Lipinski definition) is 6. The maximum absolute atomic E-state index is 12.8. The maximum Gasteiger partial charge on any atom is 0.314 e. The number of amides is 3. The third kappa shape index (κ3) is 6.56. The van der Waals surface area contributed by atoms with E-state index in [-0.39, 0.29) is 18.3 Å². The van der Waals surface area contributed by atoms with Crippen LogP contribution >= 0.6 is 0 Å². The zero-order valence-corrected chi connectivity index (χ0v) is 21.2. The first-order valence-electron chi connectivity index (χ1n) is 12.7. The number of hydroxylamine groups is 1. The number of benzene rings is 1. The van der Waals surface area contributed by atoms with Crippen molar-refractivity contribution in [3.8, 4) is 11.3 Å². The van der Waals surface area contributed by atoms with Gasteiger partial charge in [-0.3, -0.25) is 24.4 Å². The van der Waals surface area contributed by atoms with Crippen molar-refractivity contribution in [1.82, 2.24) is 16.1 Å². The predicted molar refractivity (Wildman–Crippen MR) is 135 cm³/mol. The number of unbranched alkanes of at least 4 members (excludes halogenated alkanes) is 2. The quantitative estimate of drug-likeness (QED) is 0.112. The van der Waals surface area contributed by atoms with Crippen molar-refractivity contribution in [2.24, 2.45) is 11.8 Å². The Morgan fingerprint density at radius 1 is 1.00 bits per heavy atom. The smallest absolute Gasteiger partial charge is 0.314 e. The van der Waals surface area contributed by atoms with Gasteiger partial charge in [-0.15, -0.1) is 0 Å². The molecule has 2 aromatic rings. The summed E-state index contributed by atoms with van der Waals surface area (Å²) in [5, 5.41) is 23.8. The summed E-state index contributed by atoms with van der Waals surface area (Å²) in [5.74, 6) is -3.22. The summed E-state index contributed by atoms with van der Waals surface area (Å²) >= 11 is 0. The van der Waals surface area contributed by atoms with Crippen molar-refractivity contribution in [1.29, 1.82) is 0 Å². The summed E-state index contributed by atoms with van der Waals surface area (Å²) in [6, 6.07) is 10.3. The minimum atomic E-state index is -0.846. The van der Waals surface area contributed by atoms with Crippen molar-refractivity contribution in [2.45, 2.75) is 64.2 Å². The van der Waals surface area contributed by atoms with Gasteiger partial charge in [-0.1, -0.05) is 51.3 Å². The van der Waals surface area contributed by atoms with Gasteiger partial charge in [0.25, 0.3) is 5.91 Å². The van der Waals surface area contributed by atoms with Gasteiger partial charge in [0.05, 0.1) is 18.0 Å². The van der Waals surface area contributed by atoms with E-state index in [0.717, 1.165) is 19.3 Å². The number of furan rings is 1. The van der Waals surface area contributed by atoms with Crippen molar-refractivity contribution in [3.63, 3.8) is 0 Å². The minimum absolute atomic E-state index is 0.0413.